The molecule has 17 heavy (non-hydrogen) atoms. The molecule has 0 saturated heterocycles. The molecule has 1 unspecified atom stereocenters. The molecule has 1 aliphatic rings. The third-order valence-corrected chi connectivity index (χ3v) is 3.48. The van der Waals surface area contributed by atoms with Gasteiger partial charge in [0.15, 0.2) is 17.7 Å². The topological polar surface area (TPSA) is 20.9 Å². The molecule has 0 fully saturated rings. The maximum absolute atomic E-state index is 12.3. The van der Waals surface area contributed by atoms with Gasteiger partial charge in [0.1, 0.15) is 13.0 Å². The van der Waals surface area contributed by atoms with Gasteiger partial charge in [0, 0.05) is 17.7 Å². The summed E-state index contributed by atoms with van der Waals surface area (Å²) in [5.41, 5.74) is 3.15. The van der Waals surface area contributed by atoms with Gasteiger partial charge in [-0.1, -0.05) is 30.3 Å². The summed E-state index contributed by atoms with van der Waals surface area (Å²) in [7, 11) is 1.99. The van der Waals surface area contributed by atoms with Crippen LogP contribution in [-0.2, 0) is 13.5 Å². The highest BCUT2D eigenvalue weighted by Crippen LogP contribution is 2.32. The Labute approximate surface area is 101 Å². The third kappa shape index (κ3) is 1.57. The summed E-state index contributed by atoms with van der Waals surface area (Å²) in [6.07, 6.45) is 2.82. The number of aromatic nitrogens is 1. The van der Waals surface area contributed by atoms with Crippen molar-refractivity contribution in [3.63, 3.8) is 0 Å². The summed E-state index contributed by atoms with van der Waals surface area (Å²) >= 11 is 0. The fourth-order valence-corrected chi connectivity index (χ4v) is 2.58. The lowest BCUT2D eigenvalue weighted by Gasteiger charge is -2.05. The summed E-state index contributed by atoms with van der Waals surface area (Å²) in [6.45, 7) is 0. The first kappa shape index (κ1) is 10.2. The lowest BCUT2D eigenvalue weighted by atomic mass is 10.00. The zero-order valence-electron chi connectivity index (χ0n) is 9.76. The van der Waals surface area contributed by atoms with Gasteiger partial charge in [-0.15, -0.1) is 0 Å². The fourth-order valence-electron chi connectivity index (χ4n) is 2.58. The van der Waals surface area contributed by atoms with Crippen LogP contribution in [0, 0.1) is 0 Å². The smallest absolute Gasteiger partial charge is 0.192 e. The van der Waals surface area contributed by atoms with Crippen molar-refractivity contribution < 1.29 is 9.36 Å². The number of hydrogen-bond donors (Lipinski definition) is 0. The van der Waals surface area contributed by atoms with Crippen LogP contribution in [0.5, 0.6) is 0 Å². The van der Waals surface area contributed by atoms with Crippen molar-refractivity contribution in [3.05, 3.63) is 65.5 Å². The van der Waals surface area contributed by atoms with Crippen LogP contribution in [-0.4, -0.2) is 5.78 Å². The number of aryl methyl sites for hydroxylation is 1. The van der Waals surface area contributed by atoms with E-state index in [1.807, 2.05) is 54.2 Å². The summed E-state index contributed by atoms with van der Waals surface area (Å²) in [4.78, 5) is 12.3. The summed E-state index contributed by atoms with van der Waals surface area (Å²) < 4.78 is 2.04. The summed E-state index contributed by atoms with van der Waals surface area (Å²) in [5, 5.41) is 0. The molecule has 0 N–H and O–H groups in total. The van der Waals surface area contributed by atoms with Gasteiger partial charge in [0.05, 0.1) is 0 Å². The monoisotopic (exact) mass is 224 g/mol. The standard InChI is InChI=1S/C15H14NO/c1-16-9-5-4-8-14(16)13-10-11-6-2-3-7-12(11)15(13)17/h2-9,13H,10H2,1H3/q+1. The van der Waals surface area contributed by atoms with E-state index in [4.69, 9.17) is 0 Å². The van der Waals surface area contributed by atoms with E-state index in [2.05, 4.69) is 6.07 Å². The molecule has 1 aromatic heterocycles. The SMILES string of the molecule is C[n+]1ccccc1C1Cc2ccccc2C1=O. The number of rotatable bonds is 1. The van der Waals surface area contributed by atoms with Gasteiger partial charge in [-0.25, -0.2) is 4.57 Å². The maximum Gasteiger partial charge on any atom is 0.192 e. The third-order valence-electron chi connectivity index (χ3n) is 3.48. The number of nitrogens with zero attached hydrogens (tertiary/aromatic N) is 1. The van der Waals surface area contributed by atoms with Crippen LogP contribution in [0.3, 0.4) is 0 Å². The minimum absolute atomic E-state index is 0.0152. The van der Waals surface area contributed by atoms with Gasteiger partial charge in [-0.3, -0.25) is 4.79 Å². The van der Waals surface area contributed by atoms with Crippen LogP contribution in [0.1, 0.15) is 27.5 Å². The van der Waals surface area contributed by atoms with E-state index in [0.717, 1.165) is 17.7 Å². The predicted molar refractivity (Wildman–Crippen MR) is 64.8 cm³/mol. The van der Waals surface area contributed by atoms with Crippen LogP contribution < -0.4 is 4.57 Å². The molecule has 0 amide bonds. The number of Topliss-reactive ketones (excluding diaryl/α,β-unsaturated/α-hetero) is 1. The highest BCUT2D eigenvalue weighted by Gasteiger charge is 2.35. The van der Waals surface area contributed by atoms with Gasteiger partial charge in [-0.2, -0.15) is 0 Å². The van der Waals surface area contributed by atoms with Gasteiger partial charge >= 0.3 is 0 Å². The second-order valence-corrected chi connectivity index (χ2v) is 4.51. The Morgan fingerprint density at radius 3 is 2.65 bits per heavy atom. The number of carbonyl (C=O) groups excluding carboxylic acids is 1. The maximum atomic E-state index is 12.3. The van der Waals surface area contributed by atoms with Crippen LogP contribution >= 0.6 is 0 Å². The molecule has 0 radical (unpaired) electrons. The highest BCUT2D eigenvalue weighted by atomic mass is 16.1. The highest BCUT2D eigenvalue weighted by molar-refractivity contribution is 6.04. The molecule has 0 bridgehead atoms. The molecule has 0 saturated carbocycles. The van der Waals surface area contributed by atoms with Crippen molar-refractivity contribution in [2.45, 2.75) is 12.3 Å². The largest absolute Gasteiger partial charge is 0.293 e. The van der Waals surface area contributed by atoms with E-state index in [0.29, 0.717) is 0 Å². The molecule has 84 valence electrons. The van der Waals surface area contributed by atoms with E-state index in [1.54, 1.807) is 0 Å². The van der Waals surface area contributed by atoms with E-state index in [1.165, 1.54) is 5.56 Å². The Balaban J connectivity index is 2.05. The summed E-state index contributed by atoms with van der Waals surface area (Å²) in [6, 6.07) is 13.9. The molecule has 1 heterocycles. The van der Waals surface area contributed by atoms with Gasteiger partial charge in [-0.05, 0) is 12.0 Å². The Hall–Kier alpha value is -1.96. The van der Waals surface area contributed by atoms with Crippen molar-refractivity contribution in [1.82, 2.24) is 0 Å². The van der Waals surface area contributed by atoms with Crippen molar-refractivity contribution in [3.8, 4) is 0 Å². The van der Waals surface area contributed by atoms with Crippen LogP contribution in [0.2, 0.25) is 0 Å². The Morgan fingerprint density at radius 1 is 1.12 bits per heavy atom. The Bertz CT molecular complexity index is 589. The lowest BCUT2D eigenvalue weighted by Crippen LogP contribution is -2.35. The number of ketones is 1. The molecule has 2 heteroatoms. The average molecular weight is 224 g/mol. The minimum atomic E-state index is -0.0152. The van der Waals surface area contributed by atoms with Gasteiger partial charge in [0.2, 0.25) is 0 Å². The Morgan fingerprint density at radius 2 is 1.88 bits per heavy atom. The van der Waals surface area contributed by atoms with Gasteiger partial charge < -0.3 is 0 Å². The Kier molecular flexibility index (Phi) is 2.29. The molecular formula is C15H14NO+. The molecule has 2 aromatic rings. The second-order valence-electron chi connectivity index (χ2n) is 4.51. The normalized spacial score (nSPS) is 18.2. The fraction of sp³-hybridized carbons (Fsp3) is 0.200. The molecule has 1 atom stereocenters. The van der Waals surface area contributed by atoms with Crippen molar-refractivity contribution in [1.29, 1.82) is 0 Å². The predicted octanol–water partition coefficient (Wildman–Crippen LogP) is 2.03. The van der Waals surface area contributed by atoms with Crippen molar-refractivity contribution >= 4 is 5.78 Å². The van der Waals surface area contributed by atoms with E-state index in [9.17, 15) is 4.79 Å². The number of carbonyl (C=O) groups is 1. The first-order valence-corrected chi connectivity index (χ1v) is 5.84. The number of hydrogen-bond acceptors (Lipinski definition) is 1. The minimum Gasteiger partial charge on any atom is -0.293 e. The van der Waals surface area contributed by atoms with E-state index >= 15 is 0 Å². The van der Waals surface area contributed by atoms with E-state index in [-0.39, 0.29) is 11.7 Å². The van der Waals surface area contributed by atoms with Gasteiger partial charge in [0.25, 0.3) is 0 Å². The zero-order chi connectivity index (χ0) is 11.8. The quantitative estimate of drug-likeness (QED) is 0.679. The molecule has 2 nitrogen and oxygen atoms in total. The van der Waals surface area contributed by atoms with E-state index < -0.39 is 0 Å². The number of pyridine rings is 1. The average Bonchev–Trinajstić information content (AvgIpc) is 2.68. The van der Waals surface area contributed by atoms with Crippen LogP contribution in [0.15, 0.2) is 48.7 Å². The first-order valence-electron chi connectivity index (χ1n) is 5.84. The van der Waals surface area contributed by atoms with Crippen molar-refractivity contribution in [2.24, 2.45) is 7.05 Å². The summed E-state index contributed by atoms with van der Waals surface area (Å²) in [5.74, 6) is 0.237. The molecule has 0 aliphatic heterocycles. The molecule has 3 rings (SSSR count). The number of fused-ring (bicyclic) bond motifs is 1. The second kappa shape index (κ2) is 3.81. The molecule has 1 aliphatic carbocycles. The van der Waals surface area contributed by atoms with Crippen LogP contribution in [0.4, 0.5) is 0 Å². The van der Waals surface area contributed by atoms with Crippen LogP contribution in [0.25, 0.3) is 0 Å². The molecule has 0 spiro atoms. The first-order chi connectivity index (χ1) is 8.27. The molecule has 1 aromatic carbocycles. The van der Waals surface area contributed by atoms with Crippen molar-refractivity contribution in [2.75, 3.05) is 0 Å². The lowest BCUT2D eigenvalue weighted by molar-refractivity contribution is -0.679. The number of benzene rings is 1. The zero-order valence-corrected chi connectivity index (χ0v) is 9.76. The molecular weight excluding hydrogens is 210 g/mol.